The van der Waals surface area contributed by atoms with E-state index in [9.17, 15) is 19.0 Å². The van der Waals surface area contributed by atoms with Gasteiger partial charge in [-0.25, -0.2) is 4.57 Å². The minimum atomic E-state index is -4.40. The number of phosphoric ester groups is 1. The van der Waals surface area contributed by atoms with Gasteiger partial charge in [0.2, 0.25) is 0 Å². The highest BCUT2D eigenvalue weighted by molar-refractivity contribution is 7.47. The van der Waals surface area contributed by atoms with E-state index in [1.54, 1.807) is 0 Å². The van der Waals surface area contributed by atoms with E-state index < -0.39 is 32.5 Å². The number of nitrogens with two attached hydrogens (primary N) is 1. The number of carbonyl (C=O) groups is 2. The van der Waals surface area contributed by atoms with E-state index in [-0.39, 0.29) is 32.6 Å². The molecule has 0 radical (unpaired) electrons. The molecule has 2 atom stereocenters. The lowest BCUT2D eigenvalue weighted by molar-refractivity contribution is -0.161. The fourth-order valence-electron chi connectivity index (χ4n) is 4.61. The molecule has 0 rings (SSSR count). The predicted octanol–water partition coefficient (Wildman–Crippen LogP) is 11.0. The molecule has 0 saturated heterocycles. The van der Waals surface area contributed by atoms with E-state index in [0.29, 0.717) is 12.8 Å². The summed E-state index contributed by atoms with van der Waals surface area (Å²) in [5.74, 6) is -0.918. The van der Waals surface area contributed by atoms with E-state index >= 15 is 0 Å². The van der Waals surface area contributed by atoms with E-state index in [1.165, 1.54) is 0 Å². The van der Waals surface area contributed by atoms with Crippen LogP contribution in [0.25, 0.3) is 0 Å². The van der Waals surface area contributed by atoms with Crippen LogP contribution >= 0.6 is 7.82 Å². The summed E-state index contributed by atoms with van der Waals surface area (Å²) in [6, 6.07) is 0. The minimum Gasteiger partial charge on any atom is -0.462 e. The van der Waals surface area contributed by atoms with Gasteiger partial charge in [-0.1, -0.05) is 124 Å². The highest BCUT2D eigenvalue weighted by atomic mass is 31.2. The quantitative estimate of drug-likeness (QED) is 0.0280. The number of hydrogen-bond donors (Lipinski definition) is 2. The van der Waals surface area contributed by atoms with Crippen LogP contribution in [0, 0.1) is 0 Å². The van der Waals surface area contributed by atoms with Crippen LogP contribution in [0.4, 0.5) is 0 Å². The largest absolute Gasteiger partial charge is 0.472 e. The molecule has 0 bridgehead atoms. The van der Waals surface area contributed by atoms with Crippen molar-refractivity contribution in [2.45, 2.75) is 136 Å². The molecule has 0 saturated carbocycles. The van der Waals surface area contributed by atoms with Crippen LogP contribution < -0.4 is 5.73 Å². The van der Waals surface area contributed by atoms with Crippen molar-refractivity contribution in [3.05, 3.63) is 97.2 Å². The Balaban J connectivity index is 4.35. The number of phosphoric acid groups is 1. The molecule has 0 heterocycles. The number of unbranched alkanes of at least 4 members (excludes halogenated alkanes) is 6. The first-order valence-electron chi connectivity index (χ1n) is 19.7. The molecule has 300 valence electrons. The summed E-state index contributed by atoms with van der Waals surface area (Å²) in [5, 5.41) is 0. The molecule has 0 aliphatic heterocycles. The zero-order chi connectivity index (χ0) is 38.9. The average Bonchev–Trinajstić information content (AvgIpc) is 3.14. The smallest absolute Gasteiger partial charge is 0.462 e. The monoisotopic (exact) mass is 759 g/mol. The Labute approximate surface area is 321 Å². The molecule has 53 heavy (non-hydrogen) atoms. The molecular weight excluding hydrogens is 689 g/mol. The molecule has 0 aliphatic rings. The first-order valence-corrected chi connectivity index (χ1v) is 21.2. The third-order valence-corrected chi connectivity index (χ3v) is 8.45. The molecule has 0 amide bonds. The second-order valence-corrected chi connectivity index (χ2v) is 13.8. The van der Waals surface area contributed by atoms with Crippen molar-refractivity contribution in [1.82, 2.24) is 0 Å². The number of ether oxygens (including phenoxy) is 2. The molecule has 0 aromatic carbocycles. The third kappa shape index (κ3) is 38.5. The van der Waals surface area contributed by atoms with Crippen molar-refractivity contribution < 1.29 is 37.6 Å². The summed E-state index contributed by atoms with van der Waals surface area (Å²) in [7, 11) is -4.40. The second kappa shape index (κ2) is 38.6. The topological polar surface area (TPSA) is 134 Å². The van der Waals surface area contributed by atoms with Crippen molar-refractivity contribution in [2.24, 2.45) is 5.73 Å². The molecule has 0 spiro atoms. The first-order chi connectivity index (χ1) is 25.8. The van der Waals surface area contributed by atoms with Gasteiger partial charge in [-0.3, -0.25) is 18.6 Å². The number of hydrogen-bond acceptors (Lipinski definition) is 8. The number of rotatable bonds is 35. The standard InChI is InChI=1S/C43H70NO8P/c1-3-5-7-9-11-13-15-17-19-20-22-24-26-28-30-32-34-36-43(46)52-41(40-51-53(47,48)50-38-37-44)39-49-42(45)35-33-31-29-27-25-23-21-18-16-14-12-10-8-6-4-2/h5-8,11-14,17-19,21-22,24-25,27,41H,3-4,9-10,15-16,20,23,26,28-40,44H2,1-2H3,(H,47,48)/b7-5-,8-6-,13-11-,14-12-,19-17-,21-18-,24-22-,27-25-/t41-/m1/s1. The Hall–Kier alpha value is -3.07. The molecule has 3 N–H and O–H groups in total. The first kappa shape index (κ1) is 49.9. The lowest BCUT2D eigenvalue weighted by atomic mass is 10.1. The SMILES string of the molecule is CC/C=C\C/C=C\C/C=C\C/C=C\CCCCCCC(=O)O[C@H](COC(=O)CCCC/C=C\C/C=C\C/C=C\C/C=C\CC)COP(=O)(O)OCCN. The van der Waals surface area contributed by atoms with Gasteiger partial charge in [0.05, 0.1) is 13.2 Å². The second-order valence-electron chi connectivity index (χ2n) is 12.4. The lowest BCUT2D eigenvalue weighted by Crippen LogP contribution is -2.29. The molecule has 10 heteroatoms. The number of carbonyl (C=O) groups excluding carboxylic acids is 2. The predicted molar refractivity (Wildman–Crippen MR) is 219 cm³/mol. The Morgan fingerprint density at radius 2 is 0.981 bits per heavy atom. The summed E-state index contributed by atoms with van der Waals surface area (Å²) in [4.78, 5) is 34.8. The van der Waals surface area contributed by atoms with E-state index in [4.69, 9.17) is 24.3 Å². The highest BCUT2D eigenvalue weighted by Crippen LogP contribution is 2.43. The van der Waals surface area contributed by atoms with Gasteiger partial charge >= 0.3 is 19.8 Å². The zero-order valence-electron chi connectivity index (χ0n) is 32.7. The molecular formula is C43H70NO8P. The van der Waals surface area contributed by atoms with Gasteiger partial charge < -0.3 is 20.1 Å². The third-order valence-electron chi connectivity index (χ3n) is 7.47. The van der Waals surface area contributed by atoms with E-state index in [1.807, 2.05) is 0 Å². The molecule has 0 aromatic rings. The van der Waals surface area contributed by atoms with E-state index in [2.05, 4.69) is 111 Å². The van der Waals surface area contributed by atoms with Gasteiger partial charge in [-0.2, -0.15) is 0 Å². The Bertz CT molecular complexity index is 1180. The van der Waals surface area contributed by atoms with Crippen LogP contribution in [0.15, 0.2) is 97.2 Å². The maximum atomic E-state index is 12.5. The van der Waals surface area contributed by atoms with Crippen LogP contribution in [-0.4, -0.2) is 49.3 Å². The van der Waals surface area contributed by atoms with Crippen molar-refractivity contribution >= 4 is 19.8 Å². The lowest BCUT2D eigenvalue weighted by Gasteiger charge is -2.19. The van der Waals surface area contributed by atoms with Crippen LogP contribution in [0.5, 0.6) is 0 Å². The molecule has 1 unspecified atom stereocenters. The molecule has 0 fully saturated rings. The van der Waals surface area contributed by atoms with Crippen LogP contribution in [0.3, 0.4) is 0 Å². The molecule has 9 nitrogen and oxygen atoms in total. The van der Waals surface area contributed by atoms with Gasteiger partial charge in [0, 0.05) is 19.4 Å². The minimum absolute atomic E-state index is 0.0374. The zero-order valence-corrected chi connectivity index (χ0v) is 33.6. The van der Waals surface area contributed by atoms with Gasteiger partial charge in [0.1, 0.15) is 6.61 Å². The van der Waals surface area contributed by atoms with Crippen LogP contribution in [-0.2, 0) is 32.7 Å². The Kier molecular flexibility index (Phi) is 36.4. The average molecular weight is 760 g/mol. The van der Waals surface area contributed by atoms with Crippen molar-refractivity contribution in [2.75, 3.05) is 26.4 Å². The molecule has 0 aliphatic carbocycles. The van der Waals surface area contributed by atoms with Crippen LogP contribution in [0.1, 0.15) is 129 Å². The summed E-state index contributed by atoms with van der Waals surface area (Å²) in [5.41, 5.74) is 5.33. The summed E-state index contributed by atoms with van der Waals surface area (Å²) < 4.78 is 32.6. The Morgan fingerprint density at radius 1 is 0.566 bits per heavy atom. The van der Waals surface area contributed by atoms with Gasteiger partial charge in [-0.05, 0) is 89.9 Å². The fourth-order valence-corrected chi connectivity index (χ4v) is 5.38. The number of allylic oxidation sites excluding steroid dienone is 16. The maximum absolute atomic E-state index is 12.5. The fraction of sp³-hybridized carbons (Fsp3) is 0.581. The van der Waals surface area contributed by atoms with Crippen LogP contribution in [0.2, 0.25) is 0 Å². The van der Waals surface area contributed by atoms with Crippen molar-refractivity contribution in [1.29, 1.82) is 0 Å². The van der Waals surface area contributed by atoms with Gasteiger partial charge in [0.15, 0.2) is 6.10 Å². The Morgan fingerprint density at radius 3 is 1.47 bits per heavy atom. The molecule has 0 aromatic heterocycles. The summed E-state index contributed by atoms with van der Waals surface area (Å²) in [6.45, 7) is 3.39. The summed E-state index contributed by atoms with van der Waals surface area (Å²) >= 11 is 0. The summed E-state index contributed by atoms with van der Waals surface area (Å²) in [6.07, 6.45) is 48.7. The number of esters is 2. The highest BCUT2D eigenvalue weighted by Gasteiger charge is 2.25. The maximum Gasteiger partial charge on any atom is 0.472 e. The normalized spacial score (nSPS) is 14.4. The van der Waals surface area contributed by atoms with Crippen molar-refractivity contribution in [3.8, 4) is 0 Å². The van der Waals surface area contributed by atoms with Crippen molar-refractivity contribution in [3.63, 3.8) is 0 Å². The van der Waals surface area contributed by atoms with Gasteiger partial charge in [-0.15, -0.1) is 0 Å². The van der Waals surface area contributed by atoms with E-state index in [0.717, 1.165) is 89.9 Å². The van der Waals surface area contributed by atoms with Gasteiger partial charge in [0.25, 0.3) is 0 Å².